The number of rotatable bonds is 1. The van der Waals surface area contributed by atoms with Gasteiger partial charge in [0.25, 0.3) is 0 Å². The van der Waals surface area contributed by atoms with Crippen molar-refractivity contribution in [3.05, 3.63) is 28.6 Å². The van der Waals surface area contributed by atoms with Gasteiger partial charge < -0.3 is 5.32 Å². The molecule has 0 amide bonds. The summed E-state index contributed by atoms with van der Waals surface area (Å²) in [4.78, 5) is 4.49. The van der Waals surface area contributed by atoms with Gasteiger partial charge in [0.15, 0.2) is 0 Å². The summed E-state index contributed by atoms with van der Waals surface area (Å²) in [5.74, 6) is 0.720. The molecule has 1 fully saturated rings. The van der Waals surface area contributed by atoms with E-state index in [-0.39, 0.29) is 0 Å². The first-order valence-electron chi connectivity index (χ1n) is 5.83. The third-order valence-corrected chi connectivity index (χ3v) is 3.71. The molecule has 0 atom stereocenters. The Morgan fingerprint density at radius 2 is 1.80 bits per heavy atom. The topological polar surface area (TPSA) is 24.9 Å². The predicted molar refractivity (Wildman–Crippen MR) is 63.3 cm³/mol. The van der Waals surface area contributed by atoms with Gasteiger partial charge in [-0.1, -0.05) is 0 Å². The SMILES string of the molecule is Cc1ncc(C2CCNCC2)c(C)c1C. The first-order chi connectivity index (χ1) is 7.20. The summed E-state index contributed by atoms with van der Waals surface area (Å²) in [5, 5.41) is 3.41. The first-order valence-corrected chi connectivity index (χ1v) is 5.83. The lowest BCUT2D eigenvalue weighted by molar-refractivity contribution is 0.458. The lowest BCUT2D eigenvalue weighted by Gasteiger charge is -2.25. The van der Waals surface area contributed by atoms with E-state index in [0.717, 1.165) is 19.0 Å². The van der Waals surface area contributed by atoms with E-state index in [1.807, 2.05) is 0 Å². The number of nitrogens with one attached hydrogen (secondary N) is 1. The van der Waals surface area contributed by atoms with Gasteiger partial charge in [-0.25, -0.2) is 0 Å². The summed E-state index contributed by atoms with van der Waals surface area (Å²) >= 11 is 0. The summed E-state index contributed by atoms with van der Waals surface area (Å²) in [6, 6.07) is 0. The molecule has 2 nitrogen and oxygen atoms in total. The Labute approximate surface area is 92.1 Å². The van der Waals surface area contributed by atoms with Crippen LogP contribution in [0.3, 0.4) is 0 Å². The van der Waals surface area contributed by atoms with Crippen molar-refractivity contribution in [1.82, 2.24) is 10.3 Å². The lowest BCUT2D eigenvalue weighted by Crippen LogP contribution is -2.27. The Morgan fingerprint density at radius 1 is 1.13 bits per heavy atom. The summed E-state index contributed by atoms with van der Waals surface area (Å²) in [7, 11) is 0. The van der Waals surface area contributed by atoms with Crippen molar-refractivity contribution < 1.29 is 0 Å². The minimum atomic E-state index is 0.720. The molecule has 0 unspecified atom stereocenters. The molecule has 1 aliphatic rings. The normalized spacial score (nSPS) is 18.1. The van der Waals surface area contributed by atoms with Crippen LogP contribution in [0.5, 0.6) is 0 Å². The molecule has 0 aromatic carbocycles. The van der Waals surface area contributed by atoms with E-state index < -0.39 is 0 Å². The van der Waals surface area contributed by atoms with Crippen LogP contribution >= 0.6 is 0 Å². The standard InChI is InChI=1S/C13H20N2/c1-9-10(2)13(8-15-11(9)3)12-4-6-14-7-5-12/h8,12,14H,4-7H2,1-3H3. The van der Waals surface area contributed by atoms with Crippen molar-refractivity contribution in [3.8, 4) is 0 Å². The Morgan fingerprint density at radius 3 is 2.47 bits per heavy atom. The van der Waals surface area contributed by atoms with Gasteiger partial charge in [-0.3, -0.25) is 4.98 Å². The molecule has 1 aromatic rings. The second-order valence-corrected chi connectivity index (χ2v) is 4.57. The molecule has 2 heterocycles. The quantitative estimate of drug-likeness (QED) is 0.760. The van der Waals surface area contributed by atoms with E-state index >= 15 is 0 Å². The van der Waals surface area contributed by atoms with Gasteiger partial charge in [-0.15, -0.1) is 0 Å². The van der Waals surface area contributed by atoms with Crippen LogP contribution in [0.4, 0.5) is 0 Å². The summed E-state index contributed by atoms with van der Waals surface area (Å²) in [5.41, 5.74) is 5.46. The number of nitrogens with zero attached hydrogens (tertiary/aromatic N) is 1. The molecule has 0 radical (unpaired) electrons. The van der Waals surface area contributed by atoms with E-state index in [2.05, 4.69) is 37.3 Å². The van der Waals surface area contributed by atoms with Gasteiger partial charge in [-0.05, 0) is 69.3 Å². The Bertz CT molecular complexity index is 352. The molecule has 1 aromatic heterocycles. The Hall–Kier alpha value is -0.890. The fourth-order valence-electron chi connectivity index (χ4n) is 2.39. The first kappa shape index (κ1) is 10.6. The van der Waals surface area contributed by atoms with Gasteiger partial charge in [0.2, 0.25) is 0 Å². The van der Waals surface area contributed by atoms with Crippen LogP contribution in [0.25, 0.3) is 0 Å². The second-order valence-electron chi connectivity index (χ2n) is 4.57. The molecule has 1 N–H and O–H groups in total. The third kappa shape index (κ3) is 2.05. The van der Waals surface area contributed by atoms with Crippen molar-refractivity contribution in [2.24, 2.45) is 0 Å². The number of hydrogen-bond acceptors (Lipinski definition) is 2. The average molecular weight is 204 g/mol. The highest BCUT2D eigenvalue weighted by Gasteiger charge is 2.18. The average Bonchev–Trinajstić information content (AvgIpc) is 2.27. The summed E-state index contributed by atoms with van der Waals surface area (Å²) in [6.45, 7) is 8.81. The van der Waals surface area contributed by atoms with Crippen molar-refractivity contribution in [1.29, 1.82) is 0 Å². The van der Waals surface area contributed by atoms with Crippen molar-refractivity contribution in [3.63, 3.8) is 0 Å². The third-order valence-electron chi connectivity index (χ3n) is 3.71. The molecule has 0 saturated carbocycles. The van der Waals surface area contributed by atoms with Crippen LogP contribution in [-0.4, -0.2) is 18.1 Å². The maximum Gasteiger partial charge on any atom is 0.0404 e. The highest BCUT2D eigenvalue weighted by molar-refractivity contribution is 5.36. The minimum absolute atomic E-state index is 0.720. The largest absolute Gasteiger partial charge is 0.317 e. The van der Waals surface area contributed by atoms with Crippen molar-refractivity contribution >= 4 is 0 Å². The minimum Gasteiger partial charge on any atom is -0.317 e. The number of aryl methyl sites for hydroxylation is 1. The molecule has 2 heteroatoms. The van der Waals surface area contributed by atoms with E-state index in [4.69, 9.17) is 0 Å². The van der Waals surface area contributed by atoms with Gasteiger partial charge in [0, 0.05) is 11.9 Å². The molecule has 1 aliphatic heterocycles. The second kappa shape index (κ2) is 4.31. The van der Waals surface area contributed by atoms with E-state index in [0.29, 0.717) is 0 Å². The summed E-state index contributed by atoms with van der Waals surface area (Å²) < 4.78 is 0. The van der Waals surface area contributed by atoms with Crippen LogP contribution in [0.15, 0.2) is 6.20 Å². The Kier molecular flexibility index (Phi) is 3.06. The van der Waals surface area contributed by atoms with Crippen molar-refractivity contribution in [2.75, 3.05) is 13.1 Å². The lowest BCUT2D eigenvalue weighted by atomic mass is 9.87. The monoisotopic (exact) mass is 204 g/mol. The fraction of sp³-hybridized carbons (Fsp3) is 0.615. The predicted octanol–water partition coefficient (Wildman–Crippen LogP) is 2.47. The van der Waals surface area contributed by atoms with E-state index in [9.17, 15) is 0 Å². The van der Waals surface area contributed by atoms with Gasteiger partial charge in [0.05, 0.1) is 0 Å². The molecule has 2 rings (SSSR count). The Balaban J connectivity index is 2.31. The summed E-state index contributed by atoms with van der Waals surface area (Å²) in [6.07, 6.45) is 4.60. The number of pyridine rings is 1. The fourth-order valence-corrected chi connectivity index (χ4v) is 2.39. The maximum absolute atomic E-state index is 4.49. The molecule has 0 bridgehead atoms. The van der Waals surface area contributed by atoms with Crippen LogP contribution < -0.4 is 5.32 Å². The number of hydrogen-bond donors (Lipinski definition) is 1. The van der Waals surface area contributed by atoms with E-state index in [1.54, 1.807) is 0 Å². The number of piperidine rings is 1. The van der Waals surface area contributed by atoms with Crippen LogP contribution in [-0.2, 0) is 0 Å². The van der Waals surface area contributed by atoms with Gasteiger partial charge >= 0.3 is 0 Å². The van der Waals surface area contributed by atoms with Gasteiger partial charge in [0.1, 0.15) is 0 Å². The highest BCUT2D eigenvalue weighted by atomic mass is 14.9. The molecular weight excluding hydrogens is 184 g/mol. The maximum atomic E-state index is 4.49. The molecule has 15 heavy (non-hydrogen) atoms. The smallest absolute Gasteiger partial charge is 0.0404 e. The zero-order valence-corrected chi connectivity index (χ0v) is 9.93. The van der Waals surface area contributed by atoms with E-state index in [1.165, 1.54) is 35.2 Å². The highest BCUT2D eigenvalue weighted by Crippen LogP contribution is 2.29. The molecule has 82 valence electrons. The van der Waals surface area contributed by atoms with Gasteiger partial charge in [-0.2, -0.15) is 0 Å². The zero-order valence-electron chi connectivity index (χ0n) is 9.93. The molecule has 1 saturated heterocycles. The number of aromatic nitrogens is 1. The van der Waals surface area contributed by atoms with Crippen LogP contribution in [0, 0.1) is 20.8 Å². The molecule has 0 spiro atoms. The molecule has 0 aliphatic carbocycles. The van der Waals surface area contributed by atoms with Crippen LogP contribution in [0.2, 0.25) is 0 Å². The van der Waals surface area contributed by atoms with Crippen molar-refractivity contribution in [2.45, 2.75) is 39.5 Å². The zero-order chi connectivity index (χ0) is 10.8. The molecular formula is C13H20N2. The van der Waals surface area contributed by atoms with Crippen LogP contribution in [0.1, 0.15) is 41.1 Å².